The van der Waals surface area contributed by atoms with Crippen LogP contribution in [0.3, 0.4) is 0 Å². The van der Waals surface area contributed by atoms with Gasteiger partial charge in [0.15, 0.2) is 5.69 Å². The first-order valence-electron chi connectivity index (χ1n) is 5.73. The summed E-state index contributed by atoms with van der Waals surface area (Å²) in [6.45, 7) is 1.78. The van der Waals surface area contributed by atoms with Crippen LogP contribution in [0, 0.1) is 6.92 Å². The van der Waals surface area contributed by atoms with Crippen molar-refractivity contribution >= 4 is 18.1 Å². The van der Waals surface area contributed by atoms with Crippen LogP contribution >= 0.6 is 0 Å². The highest BCUT2D eigenvalue weighted by Gasteiger charge is 2.07. The topological polar surface area (TPSA) is 110 Å². The SMILES string of the molecule is Cc1cc(C(=O)N/N=C\c2ccc(C(=O)[O-])cc2)n[nH]1. The minimum Gasteiger partial charge on any atom is -0.545 e. The molecule has 2 rings (SSSR count). The van der Waals surface area contributed by atoms with E-state index in [1.165, 1.54) is 18.3 Å². The van der Waals surface area contributed by atoms with Crippen molar-refractivity contribution in [3.63, 3.8) is 0 Å². The quantitative estimate of drug-likeness (QED) is 0.594. The predicted octanol–water partition coefficient (Wildman–Crippen LogP) is -0.154. The zero-order chi connectivity index (χ0) is 14.5. The number of hydrazone groups is 1. The maximum absolute atomic E-state index is 11.6. The molecule has 0 radical (unpaired) electrons. The minimum atomic E-state index is -1.24. The number of hydrogen-bond donors (Lipinski definition) is 2. The van der Waals surface area contributed by atoms with Gasteiger partial charge in [-0.3, -0.25) is 9.89 Å². The second-order valence-corrected chi connectivity index (χ2v) is 4.04. The molecule has 7 heteroatoms. The number of carbonyl (C=O) groups excluding carboxylic acids is 2. The largest absolute Gasteiger partial charge is 0.545 e. The zero-order valence-corrected chi connectivity index (χ0v) is 10.6. The van der Waals surface area contributed by atoms with Gasteiger partial charge in [-0.2, -0.15) is 10.2 Å². The molecule has 0 aliphatic carbocycles. The molecule has 0 bridgehead atoms. The summed E-state index contributed by atoms with van der Waals surface area (Å²) in [5.41, 5.74) is 4.06. The molecule has 2 aromatic rings. The highest BCUT2D eigenvalue weighted by molar-refractivity contribution is 5.93. The molecule has 0 saturated carbocycles. The van der Waals surface area contributed by atoms with E-state index in [1.807, 2.05) is 0 Å². The summed E-state index contributed by atoms with van der Waals surface area (Å²) in [5, 5.41) is 20.8. The molecule has 20 heavy (non-hydrogen) atoms. The summed E-state index contributed by atoms with van der Waals surface area (Å²) in [6, 6.07) is 7.50. The van der Waals surface area contributed by atoms with Gasteiger partial charge >= 0.3 is 0 Å². The number of aromatic carboxylic acids is 1. The van der Waals surface area contributed by atoms with Crippen molar-refractivity contribution in [3.05, 3.63) is 52.8 Å². The Hall–Kier alpha value is -2.96. The maximum Gasteiger partial charge on any atom is 0.291 e. The van der Waals surface area contributed by atoms with Crippen LogP contribution < -0.4 is 10.5 Å². The van der Waals surface area contributed by atoms with E-state index in [0.717, 1.165) is 5.69 Å². The molecular weight excluding hydrogens is 260 g/mol. The molecule has 0 aliphatic heterocycles. The van der Waals surface area contributed by atoms with Crippen molar-refractivity contribution in [3.8, 4) is 0 Å². The Balaban J connectivity index is 1.96. The summed E-state index contributed by atoms with van der Waals surface area (Å²) in [5.74, 6) is -1.67. The number of carbonyl (C=O) groups is 2. The Morgan fingerprint density at radius 3 is 2.60 bits per heavy atom. The van der Waals surface area contributed by atoms with Crippen LogP contribution in [0.5, 0.6) is 0 Å². The van der Waals surface area contributed by atoms with E-state index in [9.17, 15) is 14.7 Å². The summed E-state index contributed by atoms with van der Waals surface area (Å²) < 4.78 is 0. The fraction of sp³-hybridized carbons (Fsp3) is 0.0769. The number of nitrogens with one attached hydrogen (secondary N) is 2. The van der Waals surface area contributed by atoms with Crippen molar-refractivity contribution in [2.75, 3.05) is 0 Å². The molecule has 0 spiro atoms. The van der Waals surface area contributed by atoms with Gasteiger partial charge in [0.05, 0.1) is 12.2 Å². The van der Waals surface area contributed by atoms with E-state index < -0.39 is 11.9 Å². The molecule has 1 aromatic heterocycles. The number of aromatic nitrogens is 2. The Morgan fingerprint density at radius 1 is 1.35 bits per heavy atom. The van der Waals surface area contributed by atoms with Gasteiger partial charge in [-0.15, -0.1) is 0 Å². The Morgan fingerprint density at radius 2 is 2.05 bits per heavy atom. The average molecular weight is 271 g/mol. The third kappa shape index (κ3) is 3.29. The molecule has 0 aliphatic rings. The number of rotatable bonds is 4. The summed E-state index contributed by atoms with van der Waals surface area (Å²) in [4.78, 5) is 22.2. The second-order valence-electron chi connectivity index (χ2n) is 4.04. The molecule has 1 aromatic carbocycles. The van der Waals surface area contributed by atoms with Gasteiger partial charge in [0.25, 0.3) is 5.91 Å². The second kappa shape index (κ2) is 5.79. The minimum absolute atomic E-state index is 0.0817. The third-order valence-corrected chi connectivity index (χ3v) is 2.46. The monoisotopic (exact) mass is 271 g/mol. The van der Waals surface area contributed by atoms with Crippen LogP contribution in [-0.2, 0) is 0 Å². The van der Waals surface area contributed by atoms with Crippen LogP contribution in [0.25, 0.3) is 0 Å². The number of aryl methyl sites for hydroxylation is 1. The number of nitrogens with zero attached hydrogens (tertiary/aromatic N) is 2. The summed E-state index contributed by atoms with van der Waals surface area (Å²) >= 11 is 0. The number of amides is 1. The van der Waals surface area contributed by atoms with Crippen LogP contribution in [0.2, 0.25) is 0 Å². The first kappa shape index (κ1) is 13.5. The number of carboxylic acid groups (broad SMARTS) is 1. The third-order valence-electron chi connectivity index (χ3n) is 2.46. The fourth-order valence-corrected chi connectivity index (χ4v) is 1.46. The van der Waals surface area contributed by atoms with Gasteiger partial charge in [0, 0.05) is 5.69 Å². The standard InChI is InChI=1S/C13H12N4O3/c1-8-6-11(16-15-8)12(18)17-14-7-9-2-4-10(5-3-9)13(19)20/h2-7H,1H3,(H,15,16)(H,17,18)(H,19,20)/p-1/b14-7-. The molecule has 0 saturated heterocycles. The Kier molecular flexibility index (Phi) is 3.90. The van der Waals surface area contributed by atoms with E-state index in [2.05, 4.69) is 20.7 Å². The van der Waals surface area contributed by atoms with Gasteiger partial charge in [0.2, 0.25) is 0 Å². The zero-order valence-electron chi connectivity index (χ0n) is 10.6. The highest BCUT2D eigenvalue weighted by atomic mass is 16.4. The van der Waals surface area contributed by atoms with Crippen LogP contribution in [0.1, 0.15) is 32.1 Å². The molecule has 0 fully saturated rings. The van der Waals surface area contributed by atoms with Crippen LogP contribution in [0.4, 0.5) is 0 Å². The molecule has 1 heterocycles. The lowest BCUT2D eigenvalue weighted by Gasteiger charge is -2.01. The lowest BCUT2D eigenvalue weighted by molar-refractivity contribution is -0.255. The lowest BCUT2D eigenvalue weighted by atomic mass is 10.1. The van der Waals surface area contributed by atoms with E-state index in [4.69, 9.17) is 0 Å². The average Bonchev–Trinajstić information content (AvgIpc) is 2.86. The van der Waals surface area contributed by atoms with E-state index in [-0.39, 0.29) is 11.3 Å². The van der Waals surface area contributed by atoms with Crippen molar-refractivity contribution in [2.45, 2.75) is 6.92 Å². The van der Waals surface area contributed by atoms with Crippen molar-refractivity contribution < 1.29 is 14.7 Å². The Bertz CT molecular complexity index is 659. The number of hydrogen-bond acceptors (Lipinski definition) is 5. The number of carboxylic acids is 1. The summed E-state index contributed by atoms with van der Waals surface area (Å²) in [6.07, 6.45) is 1.40. The van der Waals surface area contributed by atoms with Gasteiger partial charge in [-0.05, 0) is 24.1 Å². The van der Waals surface area contributed by atoms with Crippen LogP contribution in [0.15, 0.2) is 35.4 Å². The molecule has 0 unspecified atom stereocenters. The number of benzene rings is 1. The molecule has 0 atom stereocenters. The first-order chi connectivity index (χ1) is 9.56. The van der Waals surface area contributed by atoms with Crippen molar-refractivity contribution in [1.82, 2.24) is 15.6 Å². The van der Waals surface area contributed by atoms with E-state index >= 15 is 0 Å². The smallest absolute Gasteiger partial charge is 0.291 e. The number of aromatic amines is 1. The van der Waals surface area contributed by atoms with Crippen LogP contribution in [-0.4, -0.2) is 28.3 Å². The fourth-order valence-electron chi connectivity index (χ4n) is 1.46. The Labute approximate surface area is 114 Å². The lowest BCUT2D eigenvalue weighted by Crippen LogP contribution is -2.22. The molecule has 1 amide bonds. The number of H-pyrrole nitrogens is 1. The molecule has 7 nitrogen and oxygen atoms in total. The normalized spacial score (nSPS) is 10.7. The van der Waals surface area contributed by atoms with Gasteiger partial charge in [0.1, 0.15) is 0 Å². The predicted molar refractivity (Wildman–Crippen MR) is 69.2 cm³/mol. The van der Waals surface area contributed by atoms with Gasteiger partial charge in [-0.25, -0.2) is 5.43 Å². The maximum atomic E-state index is 11.6. The van der Waals surface area contributed by atoms with Crippen molar-refractivity contribution in [1.29, 1.82) is 0 Å². The first-order valence-corrected chi connectivity index (χ1v) is 5.73. The summed E-state index contributed by atoms with van der Waals surface area (Å²) in [7, 11) is 0. The van der Waals surface area contributed by atoms with Gasteiger partial charge in [-0.1, -0.05) is 24.3 Å². The van der Waals surface area contributed by atoms with E-state index in [0.29, 0.717) is 5.56 Å². The van der Waals surface area contributed by atoms with Gasteiger partial charge < -0.3 is 9.90 Å². The van der Waals surface area contributed by atoms with Crippen molar-refractivity contribution in [2.24, 2.45) is 5.10 Å². The molecular formula is C13H11N4O3-. The molecule has 2 N–H and O–H groups in total. The van der Waals surface area contributed by atoms with E-state index in [1.54, 1.807) is 25.1 Å². The molecule has 102 valence electrons. The highest BCUT2D eigenvalue weighted by Crippen LogP contribution is 2.01.